The lowest BCUT2D eigenvalue weighted by molar-refractivity contribution is 0.0319. The second-order valence-electron chi connectivity index (χ2n) is 10.3. The summed E-state index contributed by atoms with van der Waals surface area (Å²) in [6.07, 6.45) is 6.95. The second-order valence-corrected chi connectivity index (χ2v) is 10.3. The Kier molecular flexibility index (Phi) is 7.12. The summed E-state index contributed by atoms with van der Waals surface area (Å²) in [5, 5.41) is 11.3. The van der Waals surface area contributed by atoms with Crippen molar-refractivity contribution in [2.75, 3.05) is 39.4 Å². The predicted octanol–water partition coefficient (Wildman–Crippen LogP) is 4.46. The number of rotatable bonds is 2. The van der Waals surface area contributed by atoms with Gasteiger partial charge in [-0.15, -0.1) is 0 Å². The lowest BCUT2D eigenvalue weighted by Crippen LogP contribution is -2.41. The zero-order valence-corrected chi connectivity index (χ0v) is 20.8. The molecule has 1 aromatic heterocycles. The van der Waals surface area contributed by atoms with E-state index in [1.807, 2.05) is 53.0 Å². The number of para-hydroxylation sites is 2. The van der Waals surface area contributed by atoms with E-state index < -0.39 is 0 Å². The van der Waals surface area contributed by atoms with Crippen LogP contribution in [0.25, 0.3) is 10.9 Å². The number of ether oxygens (including phenoxy) is 1. The fourth-order valence-corrected chi connectivity index (χ4v) is 5.75. The molecule has 0 saturated carbocycles. The van der Waals surface area contributed by atoms with Crippen molar-refractivity contribution >= 4 is 16.8 Å². The van der Waals surface area contributed by atoms with E-state index in [-0.39, 0.29) is 17.9 Å². The number of nitrogens with zero attached hydrogens (tertiary/aromatic N) is 3. The number of aliphatic hydroxyl groups is 1. The minimum absolute atomic E-state index is 0.0111. The van der Waals surface area contributed by atoms with Crippen molar-refractivity contribution in [2.24, 2.45) is 12.5 Å². The third-order valence-electron chi connectivity index (χ3n) is 8.04. The molecule has 0 radical (unpaired) electrons. The van der Waals surface area contributed by atoms with E-state index in [1.54, 1.807) is 0 Å². The van der Waals surface area contributed by atoms with Crippen molar-refractivity contribution in [3.63, 3.8) is 0 Å². The first-order valence-electron chi connectivity index (χ1n) is 13.0. The van der Waals surface area contributed by atoms with E-state index in [0.717, 1.165) is 74.0 Å². The van der Waals surface area contributed by atoms with E-state index in [4.69, 9.17) is 4.74 Å². The second kappa shape index (κ2) is 10.4. The van der Waals surface area contributed by atoms with Gasteiger partial charge in [0.25, 0.3) is 5.91 Å². The summed E-state index contributed by atoms with van der Waals surface area (Å²) >= 11 is 0. The van der Waals surface area contributed by atoms with Crippen LogP contribution in [0.15, 0.2) is 54.7 Å². The fourth-order valence-electron chi connectivity index (χ4n) is 5.75. The van der Waals surface area contributed by atoms with Gasteiger partial charge in [0, 0.05) is 49.4 Å². The Morgan fingerprint density at radius 1 is 0.971 bits per heavy atom. The van der Waals surface area contributed by atoms with Gasteiger partial charge in [-0.3, -0.25) is 9.69 Å². The molecule has 1 amide bonds. The van der Waals surface area contributed by atoms with Gasteiger partial charge in [-0.05, 0) is 56.3 Å². The third kappa shape index (κ3) is 5.09. The molecule has 1 fully saturated rings. The molecule has 4 heterocycles. The topological polar surface area (TPSA) is 57.9 Å². The first kappa shape index (κ1) is 23.9. The zero-order valence-electron chi connectivity index (χ0n) is 20.8. The number of amides is 1. The van der Waals surface area contributed by atoms with Gasteiger partial charge in [-0.1, -0.05) is 42.8 Å². The van der Waals surface area contributed by atoms with Crippen LogP contribution in [0, 0.1) is 5.41 Å². The van der Waals surface area contributed by atoms with Gasteiger partial charge in [0.05, 0.1) is 12.1 Å². The molecule has 0 atom stereocenters. The van der Waals surface area contributed by atoms with Crippen LogP contribution in [0.1, 0.15) is 48.0 Å². The summed E-state index contributed by atoms with van der Waals surface area (Å²) in [6.45, 7) is 4.82. The molecule has 3 aliphatic heterocycles. The molecule has 6 nitrogen and oxygen atoms in total. The number of piperidine rings is 1. The molecule has 1 N–H and O–H groups in total. The van der Waals surface area contributed by atoms with Crippen LogP contribution in [0.2, 0.25) is 0 Å². The van der Waals surface area contributed by atoms with Crippen molar-refractivity contribution in [1.29, 1.82) is 0 Å². The molecule has 6 rings (SSSR count). The highest BCUT2D eigenvalue weighted by Crippen LogP contribution is 2.37. The van der Waals surface area contributed by atoms with Crippen LogP contribution in [0.5, 0.6) is 5.75 Å². The van der Waals surface area contributed by atoms with Gasteiger partial charge in [-0.2, -0.15) is 0 Å². The van der Waals surface area contributed by atoms with Gasteiger partial charge in [-0.25, -0.2) is 0 Å². The number of carbonyl (C=O) groups excluding carboxylic acids is 1. The van der Waals surface area contributed by atoms with Crippen LogP contribution in [-0.2, 0) is 13.6 Å². The average Bonchev–Trinajstić information content (AvgIpc) is 3.23. The van der Waals surface area contributed by atoms with Crippen LogP contribution < -0.4 is 4.74 Å². The summed E-state index contributed by atoms with van der Waals surface area (Å²) in [4.78, 5) is 18.2. The number of hydrogen-bond acceptors (Lipinski definition) is 4. The average molecular weight is 476 g/mol. The SMILES string of the molecule is Cn1cc(C(=O)N2CCCCC3(CO)CCN(CC3)Cc3ccccc3OCC2)c2ccccc21. The Labute approximate surface area is 208 Å². The fraction of sp³-hybridized carbons (Fsp3) is 0.483. The van der Waals surface area contributed by atoms with Crippen LogP contribution in [0.3, 0.4) is 0 Å². The number of aliphatic hydroxyl groups excluding tert-OH is 1. The number of aromatic nitrogens is 1. The third-order valence-corrected chi connectivity index (χ3v) is 8.04. The molecule has 0 spiro atoms. The summed E-state index contributed by atoms with van der Waals surface area (Å²) in [5.74, 6) is 0.964. The van der Waals surface area contributed by atoms with Gasteiger partial charge >= 0.3 is 0 Å². The molecular weight excluding hydrogens is 438 g/mol. The minimum Gasteiger partial charge on any atom is -0.491 e. The Balaban J connectivity index is 1.39. The predicted molar refractivity (Wildman–Crippen MR) is 139 cm³/mol. The highest BCUT2D eigenvalue weighted by atomic mass is 16.5. The molecule has 3 aromatic rings. The van der Waals surface area contributed by atoms with Gasteiger partial charge < -0.3 is 19.3 Å². The van der Waals surface area contributed by atoms with Gasteiger partial charge in [0.2, 0.25) is 0 Å². The summed E-state index contributed by atoms with van der Waals surface area (Å²) < 4.78 is 8.28. The van der Waals surface area contributed by atoms with E-state index in [2.05, 4.69) is 23.1 Å². The standard InChI is InChI=1S/C29H37N3O3/c1-30-21-25(24-9-3-4-10-26(24)30)28(34)32-15-7-6-12-29(22-33)13-16-31(17-14-29)20-23-8-2-5-11-27(23)35-19-18-32/h2-5,8-11,21,33H,6-7,12-20,22H2,1H3. The smallest absolute Gasteiger partial charge is 0.256 e. The first-order chi connectivity index (χ1) is 17.1. The number of aryl methyl sites for hydroxylation is 1. The molecule has 3 aliphatic rings. The molecule has 0 aliphatic carbocycles. The monoisotopic (exact) mass is 475 g/mol. The molecule has 35 heavy (non-hydrogen) atoms. The largest absolute Gasteiger partial charge is 0.491 e. The molecule has 2 bridgehead atoms. The van der Waals surface area contributed by atoms with Gasteiger partial charge in [0.15, 0.2) is 0 Å². The van der Waals surface area contributed by atoms with E-state index in [1.165, 1.54) is 5.56 Å². The summed E-state index contributed by atoms with van der Waals surface area (Å²) in [7, 11) is 1.99. The van der Waals surface area contributed by atoms with Crippen molar-refractivity contribution < 1.29 is 14.6 Å². The van der Waals surface area contributed by atoms with Gasteiger partial charge in [0.1, 0.15) is 12.4 Å². The number of fused-ring (bicyclic) bond motifs is 10. The number of benzene rings is 2. The Hall–Kier alpha value is -2.83. The van der Waals surface area contributed by atoms with Crippen molar-refractivity contribution in [1.82, 2.24) is 14.4 Å². The Bertz CT molecular complexity index is 1160. The maximum absolute atomic E-state index is 13.7. The number of carbonyl (C=O) groups is 1. The van der Waals surface area contributed by atoms with Crippen molar-refractivity contribution in [3.05, 3.63) is 65.9 Å². The Morgan fingerprint density at radius 3 is 2.57 bits per heavy atom. The van der Waals surface area contributed by atoms with E-state index in [9.17, 15) is 9.90 Å². The normalized spacial score (nSPS) is 23.8. The molecule has 1 saturated heterocycles. The molecule has 186 valence electrons. The zero-order chi connectivity index (χ0) is 24.3. The summed E-state index contributed by atoms with van der Waals surface area (Å²) in [6, 6.07) is 16.3. The quantitative estimate of drug-likeness (QED) is 0.595. The van der Waals surface area contributed by atoms with Crippen molar-refractivity contribution in [3.8, 4) is 5.75 Å². The highest BCUT2D eigenvalue weighted by Gasteiger charge is 2.34. The van der Waals surface area contributed by atoms with Crippen molar-refractivity contribution in [2.45, 2.75) is 38.6 Å². The highest BCUT2D eigenvalue weighted by molar-refractivity contribution is 6.07. The van der Waals surface area contributed by atoms with E-state index >= 15 is 0 Å². The van der Waals surface area contributed by atoms with E-state index in [0.29, 0.717) is 19.7 Å². The molecule has 0 unspecified atom stereocenters. The molecule has 2 aromatic carbocycles. The number of hydrogen-bond donors (Lipinski definition) is 1. The maximum atomic E-state index is 13.7. The lowest BCUT2D eigenvalue weighted by Gasteiger charge is -2.41. The maximum Gasteiger partial charge on any atom is 0.256 e. The van der Waals surface area contributed by atoms with Crippen LogP contribution in [-0.4, -0.2) is 64.8 Å². The minimum atomic E-state index is 0.0111. The van der Waals surface area contributed by atoms with Crippen LogP contribution in [0.4, 0.5) is 0 Å². The summed E-state index contributed by atoms with van der Waals surface area (Å²) in [5.41, 5.74) is 3.01. The first-order valence-corrected chi connectivity index (χ1v) is 13.0. The Morgan fingerprint density at radius 2 is 1.74 bits per heavy atom. The lowest BCUT2D eigenvalue weighted by atomic mass is 9.75. The van der Waals surface area contributed by atoms with Crippen LogP contribution >= 0.6 is 0 Å². The molecular formula is C29H37N3O3. The molecule has 6 heteroatoms.